The van der Waals surface area contributed by atoms with Crippen molar-refractivity contribution in [3.05, 3.63) is 35.4 Å². The van der Waals surface area contributed by atoms with Gasteiger partial charge in [0.25, 0.3) is 0 Å². The van der Waals surface area contributed by atoms with Crippen LogP contribution in [0, 0.1) is 0 Å². The summed E-state index contributed by atoms with van der Waals surface area (Å²) in [5.41, 5.74) is 5.87. The summed E-state index contributed by atoms with van der Waals surface area (Å²) in [6, 6.07) is 4.90. The summed E-state index contributed by atoms with van der Waals surface area (Å²) >= 11 is 0. The summed E-state index contributed by atoms with van der Waals surface area (Å²) < 4.78 is 42.7. The van der Waals surface area contributed by atoms with E-state index in [4.69, 9.17) is 35.7 Å². The Bertz CT molecular complexity index is 708. The Balaban J connectivity index is 0.000000809. The van der Waals surface area contributed by atoms with E-state index in [0.29, 0.717) is 30.8 Å². The van der Waals surface area contributed by atoms with E-state index < -0.39 is 35.9 Å². The molecule has 0 amide bonds. The largest absolute Gasteiger partial charge is 0.479 e. The third-order valence-corrected chi connectivity index (χ3v) is 3.75. The Morgan fingerprint density at radius 1 is 1.03 bits per heavy atom. The quantitative estimate of drug-likeness (QED) is 0.171. The van der Waals surface area contributed by atoms with Crippen LogP contribution in [0.4, 0.5) is 13.2 Å². The van der Waals surface area contributed by atoms with E-state index in [9.17, 15) is 22.8 Å². The molecular formula is C19H27F3N2O8. The van der Waals surface area contributed by atoms with Gasteiger partial charge in [0, 0.05) is 20.3 Å². The molecule has 0 fully saturated rings. The summed E-state index contributed by atoms with van der Waals surface area (Å²) in [6.07, 6.45) is -6.63. The number of rotatable bonds is 12. The molecule has 0 aliphatic rings. The number of halogens is 3. The molecule has 1 aromatic rings. The van der Waals surface area contributed by atoms with E-state index in [-0.39, 0.29) is 6.61 Å². The van der Waals surface area contributed by atoms with Gasteiger partial charge in [-0.05, 0) is 37.0 Å². The highest BCUT2D eigenvalue weighted by Crippen LogP contribution is 2.29. The molecule has 0 saturated carbocycles. The molecule has 0 aliphatic heterocycles. The molecule has 13 heteroatoms. The number of unbranched alkanes of at least 4 members (excludes halogenated alkanes) is 1. The first-order valence-electron chi connectivity index (χ1n) is 9.32. The van der Waals surface area contributed by atoms with Crippen LogP contribution >= 0.6 is 0 Å². The fraction of sp³-hybridized carbons (Fsp3) is 0.526. The van der Waals surface area contributed by atoms with Crippen molar-refractivity contribution in [3.8, 4) is 0 Å². The number of benzene rings is 1. The highest BCUT2D eigenvalue weighted by molar-refractivity contribution is 6.00. The number of aliphatic hydroxyl groups excluding tert-OH is 2. The number of hydrogen-bond acceptors (Lipinski definition) is 8. The fourth-order valence-electron chi connectivity index (χ4n) is 2.08. The van der Waals surface area contributed by atoms with Crippen molar-refractivity contribution in [2.45, 2.75) is 37.6 Å². The van der Waals surface area contributed by atoms with Gasteiger partial charge >= 0.3 is 18.1 Å². The second kappa shape index (κ2) is 15.1. The number of ether oxygens (including phenoxy) is 1. The summed E-state index contributed by atoms with van der Waals surface area (Å²) in [7, 11) is 1.62. The van der Waals surface area contributed by atoms with Crippen molar-refractivity contribution in [2.75, 3.05) is 26.9 Å². The van der Waals surface area contributed by atoms with Crippen LogP contribution < -0.4 is 5.73 Å². The summed E-state index contributed by atoms with van der Waals surface area (Å²) in [6.45, 7) is 1.22. The predicted octanol–water partition coefficient (Wildman–Crippen LogP) is 1.08. The van der Waals surface area contributed by atoms with E-state index in [1.807, 2.05) is 0 Å². The van der Waals surface area contributed by atoms with Gasteiger partial charge in [0.1, 0.15) is 6.61 Å². The van der Waals surface area contributed by atoms with Crippen molar-refractivity contribution < 1.29 is 52.8 Å². The predicted molar refractivity (Wildman–Crippen MR) is 106 cm³/mol. The van der Waals surface area contributed by atoms with Crippen LogP contribution in [-0.4, -0.2) is 77.2 Å². The number of carboxylic acid groups (broad SMARTS) is 2. The number of oxime groups is 1. The van der Waals surface area contributed by atoms with Gasteiger partial charge in [0.2, 0.25) is 0 Å². The number of nitrogens with zero attached hydrogens (tertiary/aromatic N) is 1. The lowest BCUT2D eigenvalue weighted by molar-refractivity contribution is -0.165. The number of aliphatic hydroxyl groups is 2. The zero-order valence-electron chi connectivity index (χ0n) is 17.3. The van der Waals surface area contributed by atoms with Crippen molar-refractivity contribution in [2.24, 2.45) is 10.9 Å². The van der Waals surface area contributed by atoms with Gasteiger partial charge in [0.15, 0.2) is 12.2 Å². The standard InChI is InChI=1S/C15H21F3N2O2.C4H6O6/c1-21-10-3-2-4-14(20-22-11-9-19)12-5-7-13(8-6-12)15(16,17)18;5-1(3(7)8)2(6)4(9)10/h5-8H,2-4,9-11,19H2,1H3;1-2,5-6H,(H,7,8)(H,9,10)/b20-14+;. The molecule has 2 atom stereocenters. The van der Waals surface area contributed by atoms with Crippen LogP contribution in [-0.2, 0) is 25.3 Å². The first-order valence-corrected chi connectivity index (χ1v) is 9.32. The lowest BCUT2D eigenvalue weighted by Gasteiger charge is -2.10. The van der Waals surface area contributed by atoms with Crippen LogP contribution in [0.15, 0.2) is 29.4 Å². The highest BCUT2D eigenvalue weighted by Gasteiger charge is 2.30. The van der Waals surface area contributed by atoms with Crippen molar-refractivity contribution in [1.29, 1.82) is 0 Å². The number of hydrogen-bond donors (Lipinski definition) is 5. The van der Waals surface area contributed by atoms with Crippen LogP contribution in [0.5, 0.6) is 0 Å². The fourth-order valence-corrected chi connectivity index (χ4v) is 2.08. The van der Waals surface area contributed by atoms with Crippen LogP contribution in [0.2, 0.25) is 0 Å². The molecule has 6 N–H and O–H groups in total. The number of aliphatic carboxylic acids is 2. The van der Waals surface area contributed by atoms with Gasteiger partial charge < -0.3 is 35.7 Å². The van der Waals surface area contributed by atoms with E-state index >= 15 is 0 Å². The van der Waals surface area contributed by atoms with Gasteiger partial charge in [-0.15, -0.1) is 0 Å². The van der Waals surface area contributed by atoms with Gasteiger partial charge in [-0.3, -0.25) is 0 Å². The minimum Gasteiger partial charge on any atom is -0.479 e. The summed E-state index contributed by atoms with van der Waals surface area (Å²) in [5, 5.41) is 36.5. The molecule has 1 rings (SSSR count). The van der Waals surface area contributed by atoms with E-state index in [1.54, 1.807) is 7.11 Å². The number of nitrogens with two attached hydrogens (primary N) is 1. The van der Waals surface area contributed by atoms with E-state index in [1.165, 1.54) is 12.1 Å². The normalized spacial score (nSPS) is 13.5. The maximum atomic E-state index is 12.6. The molecule has 0 aliphatic carbocycles. The Morgan fingerprint density at radius 3 is 1.97 bits per heavy atom. The topological polar surface area (TPSA) is 172 Å². The molecular weight excluding hydrogens is 441 g/mol. The SMILES string of the molecule is COCCCC/C(=N\OCCN)c1ccc(C(F)(F)F)cc1.O=C(O)C(O)C(O)C(=O)O. The number of carboxylic acids is 2. The molecule has 10 nitrogen and oxygen atoms in total. The minimum absolute atomic E-state index is 0.266. The zero-order valence-corrected chi connectivity index (χ0v) is 17.3. The molecule has 0 spiro atoms. The Kier molecular flexibility index (Phi) is 13.8. The summed E-state index contributed by atoms with van der Waals surface area (Å²) in [4.78, 5) is 24.6. The monoisotopic (exact) mass is 468 g/mol. The molecule has 0 heterocycles. The van der Waals surface area contributed by atoms with E-state index in [0.717, 1.165) is 25.0 Å². The highest BCUT2D eigenvalue weighted by atomic mass is 19.4. The van der Waals surface area contributed by atoms with Crippen LogP contribution in [0.1, 0.15) is 30.4 Å². The van der Waals surface area contributed by atoms with Crippen molar-refractivity contribution in [3.63, 3.8) is 0 Å². The first-order chi connectivity index (χ1) is 14.9. The Labute approximate surface area is 182 Å². The third-order valence-electron chi connectivity index (χ3n) is 3.75. The number of carbonyl (C=O) groups is 2. The average molecular weight is 468 g/mol. The smallest absolute Gasteiger partial charge is 0.416 e. The van der Waals surface area contributed by atoms with Gasteiger partial charge in [-0.2, -0.15) is 13.2 Å². The lowest BCUT2D eigenvalue weighted by Crippen LogP contribution is -2.39. The number of methoxy groups -OCH3 is 1. The lowest BCUT2D eigenvalue weighted by atomic mass is 10.0. The molecule has 0 saturated heterocycles. The molecule has 0 bridgehead atoms. The molecule has 1 aromatic carbocycles. The molecule has 182 valence electrons. The second-order valence-electron chi connectivity index (χ2n) is 6.25. The van der Waals surface area contributed by atoms with Crippen molar-refractivity contribution >= 4 is 17.7 Å². The summed E-state index contributed by atoms with van der Waals surface area (Å²) in [5.74, 6) is -3.54. The van der Waals surface area contributed by atoms with Crippen molar-refractivity contribution in [1.82, 2.24) is 0 Å². The van der Waals surface area contributed by atoms with Gasteiger partial charge in [-0.1, -0.05) is 17.3 Å². The molecule has 0 aromatic heterocycles. The van der Waals surface area contributed by atoms with Crippen LogP contribution in [0.25, 0.3) is 0 Å². The third kappa shape index (κ3) is 11.6. The molecule has 2 unspecified atom stereocenters. The average Bonchev–Trinajstić information content (AvgIpc) is 2.74. The maximum Gasteiger partial charge on any atom is 0.416 e. The zero-order chi connectivity index (χ0) is 24.7. The van der Waals surface area contributed by atoms with E-state index in [2.05, 4.69) is 5.16 Å². The molecule has 0 radical (unpaired) electrons. The second-order valence-corrected chi connectivity index (χ2v) is 6.25. The molecule has 32 heavy (non-hydrogen) atoms. The maximum absolute atomic E-state index is 12.6. The Morgan fingerprint density at radius 2 is 1.56 bits per heavy atom. The van der Waals surface area contributed by atoms with Crippen LogP contribution in [0.3, 0.4) is 0 Å². The Hall–Kier alpha value is -2.74. The first kappa shape index (κ1) is 29.3. The number of alkyl halides is 3. The minimum atomic E-state index is -4.34. The van der Waals surface area contributed by atoms with Gasteiger partial charge in [0.05, 0.1) is 11.3 Å². The van der Waals surface area contributed by atoms with Gasteiger partial charge in [-0.25, -0.2) is 9.59 Å².